The van der Waals surface area contributed by atoms with E-state index in [-0.39, 0.29) is 10.9 Å². The first-order valence-corrected chi connectivity index (χ1v) is 10.3. The van der Waals surface area contributed by atoms with Gasteiger partial charge >= 0.3 is 0 Å². The molecule has 0 aliphatic rings. The lowest BCUT2D eigenvalue weighted by Gasteiger charge is -2.12. The molecule has 3 aromatic rings. The zero-order valence-corrected chi connectivity index (χ0v) is 18.0. The van der Waals surface area contributed by atoms with Gasteiger partial charge in [0.05, 0.1) is 10.0 Å². The third kappa shape index (κ3) is 4.49. The van der Waals surface area contributed by atoms with E-state index in [1.165, 1.54) is 17.8 Å². The van der Waals surface area contributed by atoms with Crippen molar-refractivity contribution in [2.45, 2.75) is 19.0 Å². The fourth-order valence-corrected chi connectivity index (χ4v) is 3.53. The highest BCUT2D eigenvalue weighted by molar-refractivity contribution is 7.99. The number of furan rings is 1. The van der Waals surface area contributed by atoms with Gasteiger partial charge in [-0.1, -0.05) is 48.0 Å². The second-order valence-electron chi connectivity index (χ2n) is 5.46. The number of amides is 1. The van der Waals surface area contributed by atoms with Crippen LogP contribution in [0.2, 0.25) is 10.0 Å². The maximum atomic E-state index is 12.4. The van der Waals surface area contributed by atoms with Crippen LogP contribution in [0.25, 0.3) is 11.3 Å². The summed E-state index contributed by atoms with van der Waals surface area (Å²) in [6.45, 7) is 3.78. The maximum Gasteiger partial charge on any atom is 0.293 e. The van der Waals surface area contributed by atoms with Crippen LogP contribution in [0, 0.1) is 6.92 Å². The molecule has 0 saturated carbocycles. The summed E-state index contributed by atoms with van der Waals surface area (Å²) in [4.78, 5) is 12.4. The number of halogens is 2. The van der Waals surface area contributed by atoms with Crippen molar-refractivity contribution in [1.29, 1.82) is 0 Å². The predicted molar refractivity (Wildman–Crippen MR) is 115 cm³/mol. The van der Waals surface area contributed by atoms with E-state index in [9.17, 15) is 4.79 Å². The molecule has 0 atom stereocenters. The van der Waals surface area contributed by atoms with Gasteiger partial charge in [0.1, 0.15) is 11.6 Å². The van der Waals surface area contributed by atoms with Crippen molar-refractivity contribution in [2.24, 2.45) is 0 Å². The van der Waals surface area contributed by atoms with Gasteiger partial charge in [-0.25, -0.2) is 4.68 Å². The monoisotopic (exact) mass is 455 g/mol. The number of hydrogen-bond donors (Lipinski definition) is 2. The van der Waals surface area contributed by atoms with Gasteiger partial charge in [-0.05, 0) is 49.2 Å². The Morgan fingerprint density at radius 2 is 2.07 bits per heavy atom. The largest absolute Gasteiger partial charge is 0.451 e. The van der Waals surface area contributed by atoms with Crippen molar-refractivity contribution in [2.75, 3.05) is 11.2 Å². The van der Waals surface area contributed by atoms with E-state index in [0.717, 1.165) is 5.75 Å². The van der Waals surface area contributed by atoms with Gasteiger partial charge in [-0.3, -0.25) is 15.5 Å². The normalized spacial score (nSPS) is 10.7. The summed E-state index contributed by atoms with van der Waals surface area (Å²) in [5.74, 6) is 1.44. The highest BCUT2D eigenvalue weighted by atomic mass is 35.5. The third-order valence-electron chi connectivity index (χ3n) is 3.56. The van der Waals surface area contributed by atoms with Crippen LogP contribution in [-0.4, -0.2) is 31.6 Å². The number of carbonyl (C=O) groups is 1. The minimum absolute atomic E-state index is 0.0822. The van der Waals surface area contributed by atoms with E-state index in [2.05, 4.69) is 20.9 Å². The molecular formula is C17H15Cl2N5O2S2. The molecule has 3 rings (SSSR count). The second-order valence-corrected chi connectivity index (χ2v) is 7.88. The van der Waals surface area contributed by atoms with Crippen molar-refractivity contribution in [3.8, 4) is 11.3 Å². The molecule has 2 aromatic heterocycles. The Morgan fingerprint density at radius 3 is 2.82 bits per heavy atom. The van der Waals surface area contributed by atoms with Crippen LogP contribution in [0.5, 0.6) is 0 Å². The van der Waals surface area contributed by atoms with E-state index in [1.54, 1.807) is 35.9 Å². The minimum atomic E-state index is -0.502. The van der Waals surface area contributed by atoms with Crippen molar-refractivity contribution >= 4 is 58.2 Å². The van der Waals surface area contributed by atoms with Gasteiger partial charge in [0.2, 0.25) is 5.16 Å². The van der Waals surface area contributed by atoms with E-state index < -0.39 is 5.91 Å². The fourth-order valence-electron chi connectivity index (χ4n) is 2.29. The van der Waals surface area contributed by atoms with Crippen molar-refractivity contribution in [3.05, 3.63) is 52.0 Å². The lowest BCUT2D eigenvalue weighted by molar-refractivity contribution is 0.0951. The fraction of sp³-hybridized carbons (Fsp3) is 0.176. The number of nitrogens with one attached hydrogen (secondary N) is 2. The number of aromatic nitrogens is 3. The highest BCUT2D eigenvalue weighted by Gasteiger charge is 2.17. The molecule has 7 nitrogen and oxygen atoms in total. The Kier molecular flexibility index (Phi) is 6.61. The molecule has 2 N–H and O–H groups in total. The molecule has 0 unspecified atom stereocenters. The third-order valence-corrected chi connectivity index (χ3v) is 5.38. The average Bonchev–Trinajstić information content (AvgIpc) is 3.27. The molecule has 0 fully saturated rings. The van der Waals surface area contributed by atoms with Crippen LogP contribution in [0.15, 0.2) is 39.9 Å². The average molecular weight is 456 g/mol. The molecule has 0 aliphatic heterocycles. The van der Waals surface area contributed by atoms with E-state index in [4.69, 9.17) is 39.8 Å². The van der Waals surface area contributed by atoms with Crippen LogP contribution < -0.4 is 10.7 Å². The molecule has 0 aliphatic carbocycles. The van der Waals surface area contributed by atoms with Gasteiger partial charge in [-0.2, -0.15) is 0 Å². The molecule has 146 valence electrons. The smallest absolute Gasteiger partial charge is 0.293 e. The Hall–Kier alpha value is -2.07. The lowest BCUT2D eigenvalue weighted by atomic mass is 10.2. The van der Waals surface area contributed by atoms with Gasteiger partial charge in [0.25, 0.3) is 5.91 Å². The number of thiocarbonyl (C=S) groups is 1. The molecule has 2 heterocycles. The van der Waals surface area contributed by atoms with E-state index in [0.29, 0.717) is 32.3 Å². The van der Waals surface area contributed by atoms with Crippen LogP contribution >= 0.6 is 47.2 Å². The number of hydrogen-bond acceptors (Lipinski definition) is 6. The Morgan fingerprint density at radius 1 is 1.29 bits per heavy atom. The molecule has 0 spiro atoms. The standard InChI is InChI=1S/C17H15Cl2N5O2S2/c1-3-28-17-22-21-9(2)24(17)23-16(27)20-15(25)13-8-7-12(26-13)10-5-4-6-11(18)14(10)19/h4-8H,3H2,1-2H3,(H2,20,23,25,27). The summed E-state index contributed by atoms with van der Waals surface area (Å²) in [6.07, 6.45) is 0. The topological polar surface area (TPSA) is 85.0 Å². The van der Waals surface area contributed by atoms with E-state index >= 15 is 0 Å². The SMILES string of the molecule is CCSc1nnc(C)n1NC(=S)NC(=O)c1ccc(-c2cccc(Cl)c2Cl)o1. The zero-order valence-electron chi connectivity index (χ0n) is 14.8. The van der Waals surface area contributed by atoms with Crippen molar-refractivity contribution in [1.82, 2.24) is 20.2 Å². The predicted octanol–water partition coefficient (Wildman–Crippen LogP) is 4.52. The summed E-state index contributed by atoms with van der Waals surface area (Å²) in [5.41, 5.74) is 3.48. The summed E-state index contributed by atoms with van der Waals surface area (Å²) < 4.78 is 7.22. The molecule has 0 saturated heterocycles. The van der Waals surface area contributed by atoms with Crippen LogP contribution in [0.4, 0.5) is 0 Å². The van der Waals surface area contributed by atoms with Crippen LogP contribution in [-0.2, 0) is 0 Å². The Balaban J connectivity index is 1.70. The number of benzene rings is 1. The summed E-state index contributed by atoms with van der Waals surface area (Å²) >= 11 is 18.9. The number of thioether (sulfide) groups is 1. The van der Waals surface area contributed by atoms with Crippen molar-refractivity contribution in [3.63, 3.8) is 0 Å². The second kappa shape index (κ2) is 8.95. The maximum absolute atomic E-state index is 12.4. The first-order valence-electron chi connectivity index (χ1n) is 8.12. The molecule has 0 radical (unpaired) electrons. The number of carbonyl (C=O) groups excluding carboxylic acids is 1. The minimum Gasteiger partial charge on any atom is -0.451 e. The molecule has 28 heavy (non-hydrogen) atoms. The van der Waals surface area contributed by atoms with Crippen molar-refractivity contribution < 1.29 is 9.21 Å². The number of nitrogens with zero attached hydrogens (tertiary/aromatic N) is 3. The highest BCUT2D eigenvalue weighted by Crippen LogP contribution is 2.34. The van der Waals surface area contributed by atoms with Gasteiger partial charge in [0.15, 0.2) is 10.9 Å². The number of aryl methyl sites for hydroxylation is 1. The van der Waals surface area contributed by atoms with Gasteiger partial charge in [0, 0.05) is 5.56 Å². The molecule has 0 bridgehead atoms. The Labute approximate surface area is 180 Å². The zero-order chi connectivity index (χ0) is 20.3. The van der Waals surface area contributed by atoms with Gasteiger partial charge in [-0.15, -0.1) is 10.2 Å². The quantitative estimate of drug-likeness (QED) is 0.431. The lowest BCUT2D eigenvalue weighted by Crippen LogP contribution is -2.38. The molecule has 1 amide bonds. The van der Waals surface area contributed by atoms with Crippen LogP contribution in [0.1, 0.15) is 23.3 Å². The Bertz CT molecular complexity index is 1030. The summed E-state index contributed by atoms with van der Waals surface area (Å²) in [5, 5.41) is 12.1. The molecular weight excluding hydrogens is 441 g/mol. The van der Waals surface area contributed by atoms with Crippen LogP contribution in [0.3, 0.4) is 0 Å². The molecule has 1 aromatic carbocycles. The first kappa shape index (κ1) is 20.7. The molecule has 11 heteroatoms. The number of rotatable bonds is 5. The summed E-state index contributed by atoms with van der Waals surface area (Å²) in [7, 11) is 0. The summed E-state index contributed by atoms with van der Waals surface area (Å²) in [6, 6.07) is 8.35. The first-order chi connectivity index (χ1) is 13.4. The van der Waals surface area contributed by atoms with Gasteiger partial charge < -0.3 is 4.42 Å². The van der Waals surface area contributed by atoms with E-state index in [1.807, 2.05) is 6.92 Å².